The second kappa shape index (κ2) is 5.40. The highest BCUT2D eigenvalue weighted by atomic mass is 16.3. The molecular formula is C14H20N2O2. The zero-order chi connectivity index (χ0) is 13.1. The van der Waals surface area contributed by atoms with Gasteiger partial charge in [-0.25, -0.2) is 0 Å². The van der Waals surface area contributed by atoms with Crippen molar-refractivity contribution in [2.75, 3.05) is 18.4 Å². The minimum absolute atomic E-state index is 0.115. The molecule has 0 saturated heterocycles. The molecule has 1 aromatic rings. The molecule has 1 aromatic carbocycles. The smallest absolute Gasteiger partial charge is 0.238 e. The van der Waals surface area contributed by atoms with Gasteiger partial charge in [0.1, 0.15) is 5.75 Å². The molecular weight excluding hydrogens is 228 g/mol. The van der Waals surface area contributed by atoms with E-state index in [2.05, 4.69) is 10.6 Å². The first-order valence-electron chi connectivity index (χ1n) is 6.37. The fraction of sp³-hybridized carbons (Fsp3) is 0.500. The molecule has 0 aliphatic heterocycles. The van der Waals surface area contributed by atoms with Crippen LogP contribution in [0.5, 0.6) is 5.75 Å². The molecule has 1 aliphatic rings. The Morgan fingerprint density at radius 1 is 1.39 bits per heavy atom. The average molecular weight is 248 g/mol. The molecule has 1 saturated carbocycles. The number of nitrogens with one attached hydrogen (secondary N) is 2. The van der Waals surface area contributed by atoms with Crippen LogP contribution in [0, 0.1) is 19.8 Å². The van der Waals surface area contributed by atoms with E-state index in [0.717, 1.165) is 23.6 Å². The first-order chi connectivity index (χ1) is 8.56. The van der Waals surface area contributed by atoms with Crippen molar-refractivity contribution in [3.05, 3.63) is 23.3 Å². The van der Waals surface area contributed by atoms with Crippen molar-refractivity contribution in [2.24, 2.45) is 5.92 Å². The van der Waals surface area contributed by atoms with E-state index in [4.69, 9.17) is 0 Å². The van der Waals surface area contributed by atoms with Crippen LogP contribution < -0.4 is 10.6 Å². The van der Waals surface area contributed by atoms with E-state index in [1.54, 1.807) is 6.07 Å². The summed E-state index contributed by atoms with van der Waals surface area (Å²) in [5.41, 5.74) is 2.29. The summed E-state index contributed by atoms with van der Waals surface area (Å²) in [6, 6.07) is 3.66. The molecule has 0 heterocycles. The Morgan fingerprint density at radius 3 is 2.78 bits per heavy atom. The number of rotatable bonds is 5. The molecule has 0 atom stereocenters. The van der Waals surface area contributed by atoms with E-state index < -0.39 is 0 Å². The van der Waals surface area contributed by atoms with Crippen LogP contribution in [-0.4, -0.2) is 24.1 Å². The van der Waals surface area contributed by atoms with Gasteiger partial charge in [-0.2, -0.15) is 0 Å². The van der Waals surface area contributed by atoms with E-state index in [1.807, 2.05) is 19.9 Å². The van der Waals surface area contributed by atoms with Gasteiger partial charge >= 0.3 is 0 Å². The number of hydrogen-bond donors (Lipinski definition) is 3. The lowest BCUT2D eigenvalue weighted by molar-refractivity contribution is -0.115. The van der Waals surface area contributed by atoms with Crippen LogP contribution in [0.1, 0.15) is 24.0 Å². The van der Waals surface area contributed by atoms with Crippen molar-refractivity contribution >= 4 is 11.6 Å². The maximum atomic E-state index is 11.7. The Bertz CT molecular complexity index is 453. The van der Waals surface area contributed by atoms with Crippen molar-refractivity contribution in [2.45, 2.75) is 26.7 Å². The van der Waals surface area contributed by atoms with Gasteiger partial charge in [0.05, 0.1) is 12.2 Å². The highest BCUT2D eigenvalue weighted by Crippen LogP contribution is 2.29. The van der Waals surface area contributed by atoms with Crippen LogP contribution in [0.2, 0.25) is 0 Å². The van der Waals surface area contributed by atoms with Crippen molar-refractivity contribution in [3.63, 3.8) is 0 Å². The quantitative estimate of drug-likeness (QED) is 0.698. The predicted molar refractivity (Wildman–Crippen MR) is 71.8 cm³/mol. The molecule has 0 unspecified atom stereocenters. The lowest BCUT2D eigenvalue weighted by atomic mass is 10.1. The number of hydrogen-bond acceptors (Lipinski definition) is 3. The van der Waals surface area contributed by atoms with E-state index in [-0.39, 0.29) is 11.7 Å². The van der Waals surface area contributed by atoms with Gasteiger partial charge in [-0.1, -0.05) is 6.07 Å². The predicted octanol–water partition coefficient (Wildman–Crippen LogP) is 1.95. The van der Waals surface area contributed by atoms with Crippen LogP contribution in [0.4, 0.5) is 5.69 Å². The number of benzene rings is 1. The van der Waals surface area contributed by atoms with Gasteiger partial charge in [-0.05, 0) is 56.3 Å². The van der Waals surface area contributed by atoms with Gasteiger partial charge < -0.3 is 15.7 Å². The first-order valence-corrected chi connectivity index (χ1v) is 6.37. The second-order valence-electron chi connectivity index (χ2n) is 5.10. The summed E-state index contributed by atoms with van der Waals surface area (Å²) < 4.78 is 0. The van der Waals surface area contributed by atoms with Crippen molar-refractivity contribution in [3.8, 4) is 5.75 Å². The van der Waals surface area contributed by atoms with Gasteiger partial charge in [0.15, 0.2) is 0 Å². The summed E-state index contributed by atoms with van der Waals surface area (Å²) in [7, 11) is 0. The largest absolute Gasteiger partial charge is 0.505 e. The molecule has 0 spiro atoms. The number of amides is 1. The first kappa shape index (κ1) is 12.9. The number of carbonyl (C=O) groups excluding carboxylic acids is 1. The molecule has 1 fully saturated rings. The van der Waals surface area contributed by atoms with Crippen LogP contribution in [0.3, 0.4) is 0 Å². The number of phenols is 1. The van der Waals surface area contributed by atoms with Crippen LogP contribution in [-0.2, 0) is 4.79 Å². The highest BCUT2D eigenvalue weighted by molar-refractivity contribution is 5.94. The van der Waals surface area contributed by atoms with Gasteiger partial charge in [0.25, 0.3) is 0 Å². The molecule has 3 N–H and O–H groups in total. The van der Waals surface area contributed by atoms with Gasteiger partial charge in [0, 0.05) is 0 Å². The highest BCUT2D eigenvalue weighted by Gasteiger charge is 2.20. The number of carbonyl (C=O) groups is 1. The third-order valence-electron chi connectivity index (χ3n) is 3.13. The normalized spacial score (nSPS) is 14.6. The summed E-state index contributed by atoms with van der Waals surface area (Å²) in [5, 5.41) is 15.7. The SMILES string of the molecule is Cc1cc(C)c(O)c(NC(=O)CNCC2CC2)c1. The second-order valence-corrected chi connectivity index (χ2v) is 5.10. The molecule has 0 bridgehead atoms. The Hall–Kier alpha value is -1.55. The van der Waals surface area contributed by atoms with E-state index >= 15 is 0 Å². The van der Waals surface area contributed by atoms with Gasteiger partial charge in [-0.3, -0.25) is 4.79 Å². The standard InChI is InChI=1S/C14H20N2O2/c1-9-5-10(2)14(18)12(6-9)16-13(17)8-15-7-11-3-4-11/h5-6,11,15,18H,3-4,7-8H2,1-2H3,(H,16,17). The Labute approximate surface area is 107 Å². The van der Waals surface area contributed by atoms with Crippen LogP contribution in [0.25, 0.3) is 0 Å². The number of aryl methyl sites for hydroxylation is 2. The van der Waals surface area contributed by atoms with Gasteiger partial charge in [0.2, 0.25) is 5.91 Å². The van der Waals surface area contributed by atoms with Crippen LogP contribution >= 0.6 is 0 Å². The lowest BCUT2D eigenvalue weighted by Crippen LogP contribution is -2.29. The molecule has 4 nitrogen and oxygen atoms in total. The van der Waals surface area contributed by atoms with E-state index in [9.17, 15) is 9.90 Å². The lowest BCUT2D eigenvalue weighted by Gasteiger charge is -2.11. The number of aromatic hydroxyl groups is 1. The topological polar surface area (TPSA) is 61.4 Å². The molecule has 1 amide bonds. The fourth-order valence-corrected chi connectivity index (χ4v) is 1.96. The zero-order valence-electron chi connectivity index (χ0n) is 10.9. The summed E-state index contributed by atoms with van der Waals surface area (Å²) in [4.78, 5) is 11.7. The zero-order valence-corrected chi connectivity index (χ0v) is 10.9. The van der Waals surface area contributed by atoms with Crippen molar-refractivity contribution < 1.29 is 9.90 Å². The molecule has 4 heteroatoms. The van der Waals surface area contributed by atoms with Crippen LogP contribution in [0.15, 0.2) is 12.1 Å². The Morgan fingerprint density at radius 2 is 2.11 bits per heavy atom. The molecule has 1 aliphatic carbocycles. The van der Waals surface area contributed by atoms with Crippen molar-refractivity contribution in [1.82, 2.24) is 5.32 Å². The maximum absolute atomic E-state index is 11.7. The summed E-state index contributed by atoms with van der Waals surface area (Å²) in [6.07, 6.45) is 2.54. The van der Waals surface area contributed by atoms with Gasteiger partial charge in [-0.15, -0.1) is 0 Å². The molecule has 18 heavy (non-hydrogen) atoms. The summed E-state index contributed by atoms with van der Waals surface area (Å²) >= 11 is 0. The molecule has 98 valence electrons. The monoisotopic (exact) mass is 248 g/mol. The Kier molecular flexibility index (Phi) is 3.87. The third kappa shape index (κ3) is 3.47. The molecule has 0 radical (unpaired) electrons. The summed E-state index contributed by atoms with van der Waals surface area (Å²) in [6.45, 7) is 4.96. The van der Waals surface area contributed by atoms with Crippen molar-refractivity contribution in [1.29, 1.82) is 0 Å². The van der Waals surface area contributed by atoms with E-state index in [0.29, 0.717) is 12.2 Å². The summed E-state index contributed by atoms with van der Waals surface area (Å²) in [5.74, 6) is 0.791. The average Bonchev–Trinajstić information content (AvgIpc) is 3.09. The Balaban J connectivity index is 1.89. The van der Waals surface area contributed by atoms with E-state index in [1.165, 1.54) is 12.8 Å². The fourth-order valence-electron chi connectivity index (χ4n) is 1.96. The molecule has 0 aromatic heterocycles. The molecule has 2 rings (SSSR count). The maximum Gasteiger partial charge on any atom is 0.238 e. The number of anilines is 1. The third-order valence-corrected chi connectivity index (χ3v) is 3.13. The minimum atomic E-state index is -0.115. The number of phenolic OH excluding ortho intramolecular Hbond substituents is 1. The minimum Gasteiger partial charge on any atom is -0.505 e.